The van der Waals surface area contributed by atoms with Gasteiger partial charge in [-0.15, -0.1) is 22.6 Å². The van der Waals surface area contributed by atoms with Crippen molar-refractivity contribution in [2.24, 2.45) is 0 Å². The molecule has 1 heterocycles. The van der Waals surface area contributed by atoms with Gasteiger partial charge < -0.3 is 11.1 Å². The summed E-state index contributed by atoms with van der Waals surface area (Å²) in [6.45, 7) is 6.41. The van der Waals surface area contributed by atoms with E-state index in [1.807, 2.05) is 13.0 Å². The molecule has 0 saturated heterocycles. The molecule has 0 unspecified atom stereocenters. The van der Waals surface area contributed by atoms with Gasteiger partial charge in [-0.2, -0.15) is 0 Å². The smallest absolute Gasteiger partial charge is 0.251 e. The fourth-order valence-electron chi connectivity index (χ4n) is 1.71. The number of halogens is 1. The van der Waals surface area contributed by atoms with Crippen molar-refractivity contribution in [1.29, 1.82) is 0 Å². The van der Waals surface area contributed by atoms with Gasteiger partial charge in [0.25, 0.3) is 5.91 Å². The second kappa shape index (κ2) is 7.38. The summed E-state index contributed by atoms with van der Waals surface area (Å²) < 4.78 is 0. The van der Waals surface area contributed by atoms with Crippen LogP contribution in [0.2, 0.25) is 0 Å². The van der Waals surface area contributed by atoms with E-state index in [2.05, 4.69) is 29.4 Å². The highest BCUT2D eigenvalue weighted by Gasteiger charge is 2.12. The van der Waals surface area contributed by atoms with Crippen molar-refractivity contribution in [3.8, 4) is 0 Å². The second-order valence-corrected chi connectivity index (χ2v) is 6.04. The molecule has 0 aliphatic heterocycles. The highest BCUT2D eigenvalue weighted by molar-refractivity contribution is 7.11. The molecule has 3 N–H and O–H groups in total. The topological polar surface area (TPSA) is 80.9 Å². The van der Waals surface area contributed by atoms with Gasteiger partial charge in [-0.3, -0.25) is 4.79 Å². The molecular formula is C14H19ClN4OS. The number of amides is 1. The molecule has 0 aliphatic rings. The quantitative estimate of drug-likeness (QED) is 0.846. The number of nitrogens with zero attached hydrogens (tertiary/aromatic N) is 2. The van der Waals surface area contributed by atoms with Gasteiger partial charge >= 0.3 is 0 Å². The van der Waals surface area contributed by atoms with Crippen molar-refractivity contribution in [2.75, 3.05) is 5.73 Å². The van der Waals surface area contributed by atoms with Crippen molar-refractivity contribution in [2.45, 2.75) is 33.2 Å². The average Bonchev–Trinajstić information content (AvgIpc) is 2.88. The monoisotopic (exact) mass is 326 g/mol. The highest BCUT2D eigenvalue weighted by atomic mass is 35.5. The third-order valence-electron chi connectivity index (χ3n) is 2.88. The number of hydrogen-bond acceptors (Lipinski definition) is 5. The predicted octanol–water partition coefficient (Wildman–Crippen LogP) is 2.90. The lowest BCUT2D eigenvalue weighted by atomic mass is 10.1. The summed E-state index contributed by atoms with van der Waals surface area (Å²) in [5.74, 6) is 0.212. The Labute approximate surface area is 134 Å². The Morgan fingerprint density at radius 1 is 1.38 bits per heavy atom. The molecule has 0 spiro atoms. The van der Waals surface area contributed by atoms with E-state index in [9.17, 15) is 4.79 Å². The standard InChI is InChI=1S/C14H18N4OS.ClH/c1-8(2)14-18-17-12(20-14)7-16-13(19)11-6-10(15)5-4-9(11)3;/h4-6,8H,7,15H2,1-3H3,(H,16,19);1H. The van der Waals surface area contributed by atoms with Crippen LogP contribution in [0.5, 0.6) is 0 Å². The summed E-state index contributed by atoms with van der Waals surface area (Å²) in [5, 5.41) is 12.8. The van der Waals surface area contributed by atoms with Crippen molar-refractivity contribution in [1.82, 2.24) is 15.5 Å². The van der Waals surface area contributed by atoms with Gasteiger partial charge in [0.05, 0.1) is 6.54 Å². The van der Waals surface area contributed by atoms with Gasteiger partial charge in [0.15, 0.2) is 0 Å². The zero-order chi connectivity index (χ0) is 14.7. The molecular weight excluding hydrogens is 308 g/mol. The Hall–Kier alpha value is -1.66. The van der Waals surface area contributed by atoms with E-state index in [0.29, 0.717) is 23.7 Å². The van der Waals surface area contributed by atoms with E-state index in [-0.39, 0.29) is 18.3 Å². The first-order valence-electron chi connectivity index (χ1n) is 6.44. The minimum absolute atomic E-state index is 0. The summed E-state index contributed by atoms with van der Waals surface area (Å²) >= 11 is 1.52. The summed E-state index contributed by atoms with van der Waals surface area (Å²) in [6.07, 6.45) is 0. The number of aromatic nitrogens is 2. The Morgan fingerprint density at radius 2 is 2.10 bits per heavy atom. The van der Waals surface area contributed by atoms with Crippen molar-refractivity contribution in [3.05, 3.63) is 39.3 Å². The summed E-state index contributed by atoms with van der Waals surface area (Å²) in [7, 11) is 0. The van der Waals surface area contributed by atoms with Gasteiger partial charge in [0, 0.05) is 17.2 Å². The van der Waals surface area contributed by atoms with Gasteiger partial charge in [-0.05, 0) is 24.6 Å². The van der Waals surface area contributed by atoms with Crippen LogP contribution >= 0.6 is 23.7 Å². The summed E-state index contributed by atoms with van der Waals surface area (Å²) in [4.78, 5) is 12.1. The van der Waals surface area contributed by atoms with E-state index < -0.39 is 0 Å². The predicted molar refractivity (Wildman–Crippen MR) is 88.0 cm³/mol. The van der Waals surface area contributed by atoms with E-state index in [0.717, 1.165) is 15.6 Å². The lowest BCUT2D eigenvalue weighted by Gasteiger charge is -2.07. The molecule has 1 aromatic carbocycles. The first kappa shape index (κ1) is 17.4. The van der Waals surface area contributed by atoms with Crippen LogP contribution in [0.25, 0.3) is 0 Å². The molecule has 0 fully saturated rings. The van der Waals surface area contributed by atoms with Crippen LogP contribution in [0.4, 0.5) is 5.69 Å². The van der Waals surface area contributed by atoms with E-state index in [1.54, 1.807) is 12.1 Å². The summed E-state index contributed by atoms with van der Waals surface area (Å²) in [5.41, 5.74) is 7.79. The maximum Gasteiger partial charge on any atom is 0.251 e. The molecule has 7 heteroatoms. The zero-order valence-corrected chi connectivity index (χ0v) is 13.8. The number of rotatable bonds is 4. The van der Waals surface area contributed by atoms with Crippen LogP contribution in [-0.4, -0.2) is 16.1 Å². The summed E-state index contributed by atoms with van der Waals surface area (Å²) in [6, 6.07) is 5.31. The number of hydrogen-bond donors (Lipinski definition) is 2. The minimum Gasteiger partial charge on any atom is -0.399 e. The van der Waals surface area contributed by atoms with Crippen molar-refractivity contribution in [3.63, 3.8) is 0 Å². The molecule has 0 aliphatic carbocycles. The van der Waals surface area contributed by atoms with Crippen LogP contribution in [0.1, 0.15) is 45.7 Å². The number of nitrogens with one attached hydrogen (secondary N) is 1. The lowest BCUT2D eigenvalue weighted by Crippen LogP contribution is -2.23. The van der Waals surface area contributed by atoms with E-state index in [1.165, 1.54) is 11.3 Å². The van der Waals surface area contributed by atoms with Crippen LogP contribution in [0.3, 0.4) is 0 Å². The first-order valence-corrected chi connectivity index (χ1v) is 7.25. The van der Waals surface area contributed by atoms with Crippen molar-refractivity contribution < 1.29 is 4.79 Å². The highest BCUT2D eigenvalue weighted by Crippen LogP contribution is 2.19. The molecule has 0 atom stereocenters. The maximum atomic E-state index is 12.1. The third kappa shape index (κ3) is 4.41. The minimum atomic E-state index is -0.143. The van der Waals surface area contributed by atoms with Crippen LogP contribution in [0, 0.1) is 6.92 Å². The molecule has 0 bridgehead atoms. The molecule has 1 aromatic heterocycles. The van der Waals surface area contributed by atoms with Crippen molar-refractivity contribution >= 4 is 35.3 Å². The molecule has 2 rings (SSSR count). The van der Waals surface area contributed by atoms with Crippen LogP contribution in [0.15, 0.2) is 18.2 Å². The van der Waals surface area contributed by atoms with Gasteiger partial charge in [0.2, 0.25) is 0 Å². The number of anilines is 1. The Bertz CT molecular complexity index is 627. The average molecular weight is 327 g/mol. The number of nitrogen functional groups attached to an aromatic ring is 1. The first-order chi connectivity index (χ1) is 9.47. The Balaban J connectivity index is 0.00000220. The van der Waals surface area contributed by atoms with Gasteiger partial charge in [-0.25, -0.2) is 0 Å². The lowest BCUT2D eigenvalue weighted by molar-refractivity contribution is 0.0950. The largest absolute Gasteiger partial charge is 0.399 e. The molecule has 21 heavy (non-hydrogen) atoms. The number of nitrogens with two attached hydrogens (primary N) is 1. The Morgan fingerprint density at radius 3 is 2.71 bits per heavy atom. The number of aryl methyl sites for hydroxylation is 1. The van der Waals surface area contributed by atoms with Crippen LogP contribution < -0.4 is 11.1 Å². The molecule has 5 nitrogen and oxygen atoms in total. The van der Waals surface area contributed by atoms with E-state index >= 15 is 0 Å². The third-order valence-corrected chi connectivity index (χ3v) is 4.11. The SMILES string of the molecule is Cc1ccc(N)cc1C(=O)NCc1nnc(C(C)C)s1.Cl. The molecule has 1 amide bonds. The number of carbonyl (C=O) groups is 1. The zero-order valence-electron chi connectivity index (χ0n) is 12.2. The maximum absolute atomic E-state index is 12.1. The number of benzene rings is 1. The Kier molecular flexibility index (Phi) is 6.11. The molecule has 0 saturated carbocycles. The fraction of sp³-hybridized carbons (Fsp3) is 0.357. The molecule has 0 radical (unpaired) electrons. The van der Waals surface area contributed by atoms with Gasteiger partial charge in [0.1, 0.15) is 10.0 Å². The molecule has 114 valence electrons. The fourth-order valence-corrected chi connectivity index (χ4v) is 2.49. The normalized spacial score (nSPS) is 10.3. The second-order valence-electron chi connectivity index (χ2n) is 4.95. The molecule has 2 aromatic rings. The van der Waals surface area contributed by atoms with E-state index in [4.69, 9.17) is 5.73 Å². The van der Waals surface area contributed by atoms with Crippen LogP contribution in [-0.2, 0) is 6.54 Å². The van der Waals surface area contributed by atoms with Gasteiger partial charge in [-0.1, -0.05) is 31.3 Å². The number of carbonyl (C=O) groups excluding carboxylic acids is 1.